The molecular weight excluding hydrogens is 407 g/mol. The number of nitrogens with one attached hydrogen (secondary N) is 1. The van der Waals surface area contributed by atoms with Crippen molar-refractivity contribution < 1.29 is 18.0 Å². The van der Waals surface area contributed by atoms with E-state index < -0.39 is 28.7 Å². The van der Waals surface area contributed by atoms with E-state index in [1.165, 1.54) is 23.4 Å². The van der Waals surface area contributed by atoms with Crippen LogP contribution < -0.4 is 0 Å². The SMILES string of the molecule is CC1c2ncnc(-c3ccn[nH]3)c2CCN1C(=O)c1cccc(C(F)(F)F)c1Cl. The molecule has 0 radical (unpaired) electrons. The van der Waals surface area contributed by atoms with Crippen molar-refractivity contribution in [3.8, 4) is 11.4 Å². The molecular formula is C19H15ClF3N5O. The Morgan fingerprint density at radius 2 is 2.07 bits per heavy atom. The molecule has 1 aliphatic rings. The fraction of sp³-hybridized carbons (Fsp3) is 0.263. The molecule has 0 fully saturated rings. The molecule has 1 atom stereocenters. The van der Waals surface area contributed by atoms with Crippen molar-refractivity contribution in [2.45, 2.75) is 25.6 Å². The number of alkyl halides is 3. The van der Waals surface area contributed by atoms with Gasteiger partial charge in [0.15, 0.2) is 0 Å². The van der Waals surface area contributed by atoms with Gasteiger partial charge in [0, 0.05) is 18.3 Å². The maximum atomic E-state index is 13.2. The summed E-state index contributed by atoms with van der Waals surface area (Å²) in [5, 5.41) is 6.20. The van der Waals surface area contributed by atoms with Crippen LogP contribution in [0.4, 0.5) is 13.2 Å². The molecule has 0 spiro atoms. The number of rotatable bonds is 2. The lowest BCUT2D eigenvalue weighted by molar-refractivity contribution is -0.137. The molecule has 3 heterocycles. The number of hydrogen-bond acceptors (Lipinski definition) is 4. The van der Waals surface area contributed by atoms with Gasteiger partial charge in [-0.15, -0.1) is 0 Å². The Bertz CT molecular complexity index is 1070. The molecule has 150 valence electrons. The smallest absolute Gasteiger partial charge is 0.330 e. The number of halogens is 4. The van der Waals surface area contributed by atoms with Crippen molar-refractivity contribution in [2.24, 2.45) is 0 Å². The van der Waals surface area contributed by atoms with Gasteiger partial charge < -0.3 is 4.90 Å². The van der Waals surface area contributed by atoms with Crippen LogP contribution in [0.5, 0.6) is 0 Å². The predicted octanol–water partition coefficient (Wildman–Crippen LogP) is 4.30. The minimum Gasteiger partial charge on any atom is -0.330 e. The van der Waals surface area contributed by atoms with Crippen LogP contribution in [0, 0.1) is 0 Å². The molecule has 1 amide bonds. The quantitative estimate of drug-likeness (QED) is 0.669. The summed E-state index contributed by atoms with van der Waals surface area (Å²) in [7, 11) is 0. The topological polar surface area (TPSA) is 74.8 Å². The second kappa shape index (κ2) is 7.14. The van der Waals surface area contributed by atoms with E-state index >= 15 is 0 Å². The van der Waals surface area contributed by atoms with Crippen LogP contribution in [0.2, 0.25) is 5.02 Å². The molecule has 1 aliphatic heterocycles. The van der Waals surface area contributed by atoms with Gasteiger partial charge in [0.2, 0.25) is 0 Å². The molecule has 0 bridgehead atoms. The number of carbonyl (C=O) groups is 1. The minimum absolute atomic E-state index is 0.181. The number of nitrogens with zero attached hydrogens (tertiary/aromatic N) is 4. The van der Waals surface area contributed by atoms with Gasteiger partial charge in [-0.25, -0.2) is 9.97 Å². The van der Waals surface area contributed by atoms with E-state index in [0.717, 1.165) is 17.3 Å². The number of H-pyrrole nitrogens is 1. The highest BCUT2D eigenvalue weighted by atomic mass is 35.5. The zero-order chi connectivity index (χ0) is 20.8. The highest BCUT2D eigenvalue weighted by molar-refractivity contribution is 6.34. The van der Waals surface area contributed by atoms with Crippen molar-refractivity contribution in [1.29, 1.82) is 0 Å². The monoisotopic (exact) mass is 421 g/mol. The van der Waals surface area contributed by atoms with Gasteiger partial charge in [-0.05, 0) is 31.5 Å². The van der Waals surface area contributed by atoms with Crippen molar-refractivity contribution >= 4 is 17.5 Å². The second-order valence-corrected chi connectivity index (χ2v) is 7.02. The Morgan fingerprint density at radius 3 is 2.76 bits per heavy atom. The van der Waals surface area contributed by atoms with Crippen LogP contribution in [0.25, 0.3) is 11.4 Å². The highest BCUT2D eigenvalue weighted by Gasteiger charge is 2.37. The molecule has 10 heteroatoms. The zero-order valence-electron chi connectivity index (χ0n) is 15.2. The van der Waals surface area contributed by atoms with E-state index in [2.05, 4.69) is 20.2 Å². The van der Waals surface area contributed by atoms with E-state index in [0.29, 0.717) is 24.4 Å². The summed E-state index contributed by atoms with van der Waals surface area (Å²) in [6, 6.07) is 4.67. The number of fused-ring (bicyclic) bond motifs is 1. The van der Waals surface area contributed by atoms with Gasteiger partial charge in [-0.1, -0.05) is 17.7 Å². The average molecular weight is 422 g/mol. The molecule has 1 aromatic carbocycles. The first-order valence-corrected chi connectivity index (χ1v) is 9.17. The Labute approximate surface area is 168 Å². The van der Waals surface area contributed by atoms with Gasteiger partial charge in [-0.3, -0.25) is 9.89 Å². The van der Waals surface area contributed by atoms with E-state index in [4.69, 9.17) is 11.6 Å². The zero-order valence-corrected chi connectivity index (χ0v) is 15.9. The summed E-state index contributed by atoms with van der Waals surface area (Å²) in [4.78, 5) is 23.2. The number of aromatic amines is 1. The number of benzene rings is 1. The van der Waals surface area contributed by atoms with E-state index in [-0.39, 0.29) is 5.56 Å². The van der Waals surface area contributed by atoms with E-state index in [1.54, 1.807) is 19.2 Å². The van der Waals surface area contributed by atoms with E-state index in [9.17, 15) is 18.0 Å². The lowest BCUT2D eigenvalue weighted by atomic mass is 9.95. The van der Waals surface area contributed by atoms with Crippen molar-refractivity contribution in [3.05, 3.63) is 64.2 Å². The standard InChI is InChI=1S/C19H15ClF3N5O/c1-10-16-12(17(25-9-24-16)14-5-7-26-27-14)6-8-28(10)18(29)11-3-2-4-13(15(11)20)19(21,22)23/h2-5,7,9-10H,6,8H2,1H3,(H,26,27). The molecule has 0 saturated carbocycles. The van der Waals surface area contributed by atoms with Crippen LogP contribution in [0.3, 0.4) is 0 Å². The Kier molecular flexibility index (Phi) is 4.77. The highest BCUT2D eigenvalue weighted by Crippen LogP contribution is 2.38. The maximum absolute atomic E-state index is 13.2. The lowest BCUT2D eigenvalue weighted by Crippen LogP contribution is -2.40. The first kappa shape index (κ1) is 19.4. The summed E-state index contributed by atoms with van der Waals surface area (Å²) < 4.78 is 39.5. The summed E-state index contributed by atoms with van der Waals surface area (Å²) in [5.74, 6) is -0.569. The molecule has 0 aliphatic carbocycles. The predicted molar refractivity (Wildman–Crippen MR) is 99.2 cm³/mol. The first-order valence-electron chi connectivity index (χ1n) is 8.79. The van der Waals surface area contributed by atoms with Crippen LogP contribution in [0.15, 0.2) is 36.8 Å². The summed E-state index contributed by atoms with van der Waals surface area (Å²) in [6.45, 7) is 2.08. The van der Waals surface area contributed by atoms with Gasteiger partial charge in [0.05, 0.1) is 39.3 Å². The van der Waals surface area contributed by atoms with Crippen LogP contribution in [-0.2, 0) is 12.6 Å². The minimum atomic E-state index is -4.64. The number of amides is 1. The Morgan fingerprint density at radius 1 is 1.28 bits per heavy atom. The van der Waals surface area contributed by atoms with E-state index in [1.807, 2.05) is 0 Å². The van der Waals surface area contributed by atoms with Gasteiger partial charge in [0.1, 0.15) is 6.33 Å². The van der Waals surface area contributed by atoms with Gasteiger partial charge in [0.25, 0.3) is 5.91 Å². The molecule has 1 unspecified atom stereocenters. The van der Waals surface area contributed by atoms with Gasteiger partial charge in [-0.2, -0.15) is 18.3 Å². The first-order chi connectivity index (χ1) is 13.8. The van der Waals surface area contributed by atoms with Crippen LogP contribution >= 0.6 is 11.6 Å². The Balaban J connectivity index is 1.70. The Hall–Kier alpha value is -2.94. The normalized spacial score (nSPS) is 16.6. The maximum Gasteiger partial charge on any atom is 0.417 e. The molecule has 2 aromatic heterocycles. The molecule has 4 rings (SSSR count). The molecule has 0 saturated heterocycles. The van der Waals surface area contributed by atoms with Crippen LogP contribution in [-0.4, -0.2) is 37.5 Å². The third kappa shape index (κ3) is 3.35. The second-order valence-electron chi connectivity index (χ2n) is 6.65. The summed E-state index contributed by atoms with van der Waals surface area (Å²) >= 11 is 5.94. The number of carbonyl (C=O) groups excluding carboxylic acids is 1. The largest absolute Gasteiger partial charge is 0.417 e. The molecule has 29 heavy (non-hydrogen) atoms. The molecule has 3 aromatic rings. The van der Waals surface area contributed by atoms with Crippen LogP contribution in [0.1, 0.15) is 40.1 Å². The average Bonchev–Trinajstić information content (AvgIpc) is 3.21. The number of hydrogen-bond donors (Lipinski definition) is 1. The lowest BCUT2D eigenvalue weighted by Gasteiger charge is -2.35. The summed E-state index contributed by atoms with van der Waals surface area (Å²) in [6.07, 6.45) is -1.17. The number of aromatic nitrogens is 4. The van der Waals surface area contributed by atoms with Crippen molar-refractivity contribution in [3.63, 3.8) is 0 Å². The molecule has 6 nitrogen and oxygen atoms in total. The molecule has 1 N–H and O–H groups in total. The third-order valence-corrected chi connectivity index (χ3v) is 5.40. The van der Waals surface area contributed by atoms with Gasteiger partial charge >= 0.3 is 6.18 Å². The fourth-order valence-corrected chi connectivity index (χ4v) is 3.89. The van der Waals surface area contributed by atoms with Crippen molar-refractivity contribution in [2.75, 3.05) is 6.54 Å². The van der Waals surface area contributed by atoms with Crippen molar-refractivity contribution in [1.82, 2.24) is 25.1 Å². The fourth-order valence-electron chi connectivity index (χ4n) is 3.57. The third-order valence-electron chi connectivity index (χ3n) is 5.00. The summed E-state index contributed by atoms with van der Waals surface area (Å²) in [5.41, 5.74) is 1.74.